The summed E-state index contributed by atoms with van der Waals surface area (Å²) in [4.78, 5) is 15.0. The van der Waals surface area contributed by atoms with Gasteiger partial charge in [-0.1, -0.05) is 6.58 Å². The van der Waals surface area contributed by atoms with E-state index in [1.807, 2.05) is 0 Å². The van der Waals surface area contributed by atoms with Crippen molar-refractivity contribution in [1.29, 1.82) is 0 Å². The van der Waals surface area contributed by atoms with Crippen molar-refractivity contribution in [3.8, 4) is 0 Å². The average Bonchev–Trinajstić information content (AvgIpc) is 2.64. The lowest BCUT2D eigenvalue weighted by Crippen LogP contribution is -2.06. The molecule has 2 rings (SSSR count). The number of amides is 1. The van der Waals surface area contributed by atoms with E-state index in [0.717, 1.165) is 0 Å². The number of oxazole rings is 1. The van der Waals surface area contributed by atoms with Crippen molar-refractivity contribution in [3.05, 3.63) is 37.2 Å². The van der Waals surface area contributed by atoms with E-state index in [4.69, 9.17) is 4.42 Å². The first kappa shape index (κ1) is 8.50. The van der Waals surface area contributed by atoms with Crippen molar-refractivity contribution in [1.82, 2.24) is 4.98 Å². The molecule has 14 heavy (non-hydrogen) atoms. The van der Waals surface area contributed by atoms with E-state index in [-0.39, 0.29) is 5.91 Å². The molecule has 0 saturated heterocycles. The lowest BCUT2D eigenvalue weighted by molar-refractivity contribution is -0.111. The van der Waals surface area contributed by atoms with Gasteiger partial charge in [0.15, 0.2) is 12.0 Å². The van der Waals surface area contributed by atoms with Gasteiger partial charge in [0, 0.05) is 5.69 Å². The largest absolute Gasteiger partial charge is 0.443 e. The Hall–Kier alpha value is -2.10. The predicted octanol–water partition coefficient (Wildman–Crippen LogP) is 1.95. The minimum absolute atomic E-state index is 0.243. The highest BCUT2D eigenvalue weighted by atomic mass is 16.3. The topological polar surface area (TPSA) is 55.1 Å². The van der Waals surface area contributed by atoms with Crippen molar-refractivity contribution in [3.63, 3.8) is 0 Å². The molecule has 0 unspecified atom stereocenters. The van der Waals surface area contributed by atoms with Gasteiger partial charge in [-0.2, -0.15) is 0 Å². The Morgan fingerprint density at radius 1 is 1.57 bits per heavy atom. The number of hydrogen-bond acceptors (Lipinski definition) is 3. The SMILES string of the molecule is C=CC(=O)Nc1ccc2ocnc2c1. The monoisotopic (exact) mass is 188 g/mol. The fourth-order valence-electron chi connectivity index (χ4n) is 1.13. The third-order valence-corrected chi connectivity index (χ3v) is 1.78. The first-order chi connectivity index (χ1) is 6.79. The van der Waals surface area contributed by atoms with Crippen LogP contribution in [0.25, 0.3) is 11.1 Å². The van der Waals surface area contributed by atoms with Crippen molar-refractivity contribution in [2.75, 3.05) is 5.32 Å². The molecule has 0 aliphatic rings. The first-order valence-corrected chi connectivity index (χ1v) is 4.06. The van der Waals surface area contributed by atoms with E-state index >= 15 is 0 Å². The summed E-state index contributed by atoms with van der Waals surface area (Å²) in [6.45, 7) is 3.36. The molecule has 0 aliphatic carbocycles. The molecule has 0 radical (unpaired) electrons. The molecule has 1 N–H and O–H groups in total. The molecule has 4 nitrogen and oxygen atoms in total. The third kappa shape index (κ3) is 1.50. The molecule has 0 spiro atoms. The van der Waals surface area contributed by atoms with E-state index in [1.165, 1.54) is 12.5 Å². The van der Waals surface area contributed by atoms with Crippen LogP contribution in [0.5, 0.6) is 0 Å². The number of hydrogen-bond donors (Lipinski definition) is 1. The van der Waals surface area contributed by atoms with Crippen LogP contribution in [0.4, 0.5) is 5.69 Å². The van der Waals surface area contributed by atoms with Crippen molar-refractivity contribution in [2.24, 2.45) is 0 Å². The van der Waals surface area contributed by atoms with E-state index in [2.05, 4.69) is 16.9 Å². The Morgan fingerprint density at radius 3 is 3.21 bits per heavy atom. The quantitative estimate of drug-likeness (QED) is 0.733. The second-order valence-corrected chi connectivity index (χ2v) is 2.73. The van der Waals surface area contributed by atoms with Gasteiger partial charge >= 0.3 is 0 Å². The Balaban J connectivity index is 2.34. The van der Waals surface area contributed by atoms with Gasteiger partial charge in [0.05, 0.1) is 0 Å². The summed E-state index contributed by atoms with van der Waals surface area (Å²) in [5, 5.41) is 2.63. The Kier molecular flexibility index (Phi) is 2.02. The van der Waals surface area contributed by atoms with Gasteiger partial charge in [-0.15, -0.1) is 0 Å². The third-order valence-electron chi connectivity index (χ3n) is 1.78. The molecule has 1 aromatic heterocycles. The van der Waals surface area contributed by atoms with Crippen molar-refractivity contribution in [2.45, 2.75) is 0 Å². The minimum Gasteiger partial charge on any atom is -0.443 e. The molecule has 70 valence electrons. The smallest absolute Gasteiger partial charge is 0.247 e. The number of fused-ring (bicyclic) bond motifs is 1. The van der Waals surface area contributed by atoms with Crippen LogP contribution < -0.4 is 5.32 Å². The number of carbonyl (C=O) groups excluding carboxylic acids is 1. The van der Waals surface area contributed by atoms with Crippen LogP contribution >= 0.6 is 0 Å². The molecular formula is C10H8N2O2. The standard InChI is InChI=1S/C10H8N2O2/c1-2-10(13)12-7-3-4-9-8(5-7)11-6-14-9/h2-6H,1H2,(H,12,13). The summed E-state index contributed by atoms with van der Waals surface area (Å²) in [6.07, 6.45) is 2.58. The highest BCUT2D eigenvalue weighted by Gasteiger charge is 2.01. The Labute approximate surface area is 80.2 Å². The molecule has 0 bridgehead atoms. The van der Waals surface area contributed by atoms with Crippen LogP contribution in [0.3, 0.4) is 0 Å². The van der Waals surface area contributed by atoms with Gasteiger partial charge in [-0.3, -0.25) is 4.79 Å². The number of benzene rings is 1. The number of rotatable bonds is 2. The number of aromatic nitrogens is 1. The predicted molar refractivity (Wildman–Crippen MR) is 52.8 cm³/mol. The molecule has 1 heterocycles. The summed E-state index contributed by atoms with van der Waals surface area (Å²) < 4.78 is 5.06. The normalized spacial score (nSPS) is 10.0. The highest BCUT2D eigenvalue weighted by molar-refractivity contribution is 5.99. The van der Waals surface area contributed by atoms with Crippen LogP contribution in [0, 0.1) is 0 Å². The van der Waals surface area contributed by atoms with E-state index in [1.54, 1.807) is 18.2 Å². The second-order valence-electron chi connectivity index (χ2n) is 2.73. The lowest BCUT2D eigenvalue weighted by atomic mass is 10.3. The molecule has 0 fully saturated rings. The number of anilines is 1. The van der Waals surface area contributed by atoms with Gasteiger partial charge in [0.2, 0.25) is 5.91 Å². The molecule has 0 atom stereocenters. The van der Waals surface area contributed by atoms with Crippen LogP contribution in [0.2, 0.25) is 0 Å². The molecule has 1 aromatic carbocycles. The number of nitrogens with one attached hydrogen (secondary N) is 1. The lowest BCUT2D eigenvalue weighted by Gasteiger charge is -2.00. The van der Waals surface area contributed by atoms with Gasteiger partial charge in [0.1, 0.15) is 5.52 Å². The summed E-state index contributed by atoms with van der Waals surface area (Å²) in [5.41, 5.74) is 2.09. The van der Waals surface area contributed by atoms with Gasteiger partial charge in [-0.05, 0) is 24.3 Å². The summed E-state index contributed by atoms with van der Waals surface area (Å²) in [5.74, 6) is -0.243. The maximum Gasteiger partial charge on any atom is 0.247 e. The van der Waals surface area contributed by atoms with Crippen molar-refractivity contribution < 1.29 is 9.21 Å². The minimum atomic E-state index is -0.243. The van der Waals surface area contributed by atoms with Gasteiger partial charge < -0.3 is 9.73 Å². The zero-order valence-electron chi connectivity index (χ0n) is 7.36. The first-order valence-electron chi connectivity index (χ1n) is 4.06. The summed E-state index contributed by atoms with van der Waals surface area (Å²) in [7, 11) is 0. The number of carbonyl (C=O) groups is 1. The zero-order valence-corrected chi connectivity index (χ0v) is 7.36. The molecule has 2 aromatic rings. The van der Waals surface area contributed by atoms with Gasteiger partial charge in [-0.25, -0.2) is 4.98 Å². The molecule has 0 aliphatic heterocycles. The fraction of sp³-hybridized carbons (Fsp3) is 0. The maximum atomic E-state index is 11.0. The maximum absolute atomic E-state index is 11.0. The van der Waals surface area contributed by atoms with Crippen LogP contribution in [-0.2, 0) is 4.79 Å². The second kappa shape index (κ2) is 3.33. The molecular weight excluding hydrogens is 180 g/mol. The molecule has 1 amide bonds. The van der Waals surface area contributed by atoms with Crippen LogP contribution in [-0.4, -0.2) is 10.9 Å². The Bertz CT molecular complexity index is 488. The van der Waals surface area contributed by atoms with Gasteiger partial charge in [0.25, 0.3) is 0 Å². The number of nitrogens with zero attached hydrogens (tertiary/aromatic N) is 1. The molecule has 0 saturated carbocycles. The highest BCUT2D eigenvalue weighted by Crippen LogP contribution is 2.17. The summed E-state index contributed by atoms with van der Waals surface area (Å²) in [6, 6.07) is 5.23. The molecule has 4 heteroatoms. The van der Waals surface area contributed by atoms with Crippen LogP contribution in [0.1, 0.15) is 0 Å². The zero-order chi connectivity index (χ0) is 9.97. The van der Waals surface area contributed by atoms with Crippen LogP contribution in [0.15, 0.2) is 41.7 Å². The summed E-state index contributed by atoms with van der Waals surface area (Å²) >= 11 is 0. The van der Waals surface area contributed by atoms with E-state index < -0.39 is 0 Å². The fourth-order valence-corrected chi connectivity index (χ4v) is 1.13. The van der Waals surface area contributed by atoms with Crippen molar-refractivity contribution >= 4 is 22.7 Å². The van der Waals surface area contributed by atoms with E-state index in [0.29, 0.717) is 16.8 Å². The average molecular weight is 188 g/mol. The van der Waals surface area contributed by atoms with E-state index in [9.17, 15) is 4.79 Å². The Morgan fingerprint density at radius 2 is 2.43 bits per heavy atom.